The maximum atomic E-state index is 11.9. The van der Waals surface area contributed by atoms with Gasteiger partial charge >= 0.3 is 5.69 Å². The highest BCUT2D eigenvalue weighted by atomic mass is 16.2. The lowest BCUT2D eigenvalue weighted by molar-refractivity contribution is 0.290. The number of aryl methyl sites for hydroxylation is 1. The van der Waals surface area contributed by atoms with Gasteiger partial charge in [0.25, 0.3) is 5.56 Å². The van der Waals surface area contributed by atoms with Crippen LogP contribution in [0.15, 0.2) is 15.9 Å². The van der Waals surface area contributed by atoms with Crippen LogP contribution in [0.5, 0.6) is 0 Å². The van der Waals surface area contributed by atoms with E-state index in [2.05, 4.69) is 28.7 Å². The lowest BCUT2D eigenvalue weighted by Gasteiger charge is -2.18. The van der Waals surface area contributed by atoms with E-state index >= 15 is 0 Å². The molecule has 2 heterocycles. The molecule has 0 fully saturated rings. The zero-order valence-corrected chi connectivity index (χ0v) is 11.5. The van der Waals surface area contributed by atoms with E-state index in [1.807, 2.05) is 0 Å². The van der Waals surface area contributed by atoms with Gasteiger partial charge in [-0.2, -0.15) is 0 Å². The molecule has 0 aromatic carbocycles. The predicted octanol–water partition coefficient (Wildman–Crippen LogP) is -0.235. The Morgan fingerprint density at radius 1 is 1.32 bits per heavy atom. The van der Waals surface area contributed by atoms with Gasteiger partial charge < -0.3 is 9.47 Å². The molecule has 0 saturated heterocycles. The zero-order valence-electron chi connectivity index (χ0n) is 11.5. The second-order valence-electron chi connectivity index (χ2n) is 4.47. The first kappa shape index (κ1) is 13.5. The van der Waals surface area contributed by atoms with Crippen molar-refractivity contribution in [1.82, 2.24) is 24.0 Å². The molecule has 0 aliphatic rings. The number of aromatic amines is 1. The average molecular weight is 265 g/mol. The maximum absolute atomic E-state index is 11.9. The van der Waals surface area contributed by atoms with E-state index in [0.717, 1.165) is 19.6 Å². The number of likely N-dealkylation sites (N-methyl/N-ethyl adjacent to an activating group) is 1. The van der Waals surface area contributed by atoms with Crippen LogP contribution in [0.25, 0.3) is 11.2 Å². The summed E-state index contributed by atoms with van der Waals surface area (Å²) < 4.78 is 3.15. The van der Waals surface area contributed by atoms with Crippen molar-refractivity contribution in [2.75, 3.05) is 19.6 Å². The monoisotopic (exact) mass is 265 g/mol. The highest BCUT2D eigenvalue weighted by molar-refractivity contribution is 5.69. The number of nitrogens with zero attached hydrogens (tertiary/aromatic N) is 4. The third-order valence-electron chi connectivity index (χ3n) is 3.39. The molecule has 19 heavy (non-hydrogen) atoms. The summed E-state index contributed by atoms with van der Waals surface area (Å²) in [5.41, 5.74) is 0.0880. The van der Waals surface area contributed by atoms with Crippen LogP contribution in [0.1, 0.15) is 13.8 Å². The van der Waals surface area contributed by atoms with Crippen molar-refractivity contribution in [2.45, 2.75) is 20.4 Å². The van der Waals surface area contributed by atoms with Crippen LogP contribution < -0.4 is 11.2 Å². The molecule has 0 atom stereocenters. The summed E-state index contributed by atoms with van der Waals surface area (Å²) in [5, 5.41) is 0. The van der Waals surface area contributed by atoms with Gasteiger partial charge in [0.15, 0.2) is 11.2 Å². The molecule has 1 N–H and O–H groups in total. The van der Waals surface area contributed by atoms with Crippen LogP contribution in [0.3, 0.4) is 0 Å². The molecule has 2 rings (SSSR count). The van der Waals surface area contributed by atoms with E-state index in [0.29, 0.717) is 17.7 Å². The summed E-state index contributed by atoms with van der Waals surface area (Å²) >= 11 is 0. The molecule has 2 aromatic rings. The molecule has 104 valence electrons. The Labute approximate surface area is 110 Å². The van der Waals surface area contributed by atoms with Gasteiger partial charge in [0.1, 0.15) is 0 Å². The van der Waals surface area contributed by atoms with Crippen molar-refractivity contribution in [1.29, 1.82) is 0 Å². The first-order valence-electron chi connectivity index (χ1n) is 6.45. The van der Waals surface area contributed by atoms with Crippen LogP contribution in [0.2, 0.25) is 0 Å². The molecule has 0 aliphatic carbocycles. The second-order valence-corrected chi connectivity index (χ2v) is 4.47. The van der Waals surface area contributed by atoms with Crippen LogP contribution in [-0.2, 0) is 13.6 Å². The van der Waals surface area contributed by atoms with Gasteiger partial charge in [0, 0.05) is 20.1 Å². The Hall–Kier alpha value is -1.89. The van der Waals surface area contributed by atoms with Crippen LogP contribution in [0.4, 0.5) is 0 Å². The van der Waals surface area contributed by atoms with Crippen molar-refractivity contribution < 1.29 is 0 Å². The van der Waals surface area contributed by atoms with E-state index in [1.54, 1.807) is 17.9 Å². The van der Waals surface area contributed by atoms with Gasteiger partial charge in [-0.1, -0.05) is 13.8 Å². The summed E-state index contributed by atoms with van der Waals surface area (Å²) in [6.07, 6.45) is 1.55. The third-order valence-corrected chi connectivity index (χ3v) is 3.39. The Bertz CT molecular complexity index is 677. The summed E-state index contributed by atoms with van der Waals surface area (Å²) in [6, 6.07) is 0. The molecule has 7 heteroatoms. The van der Waals surface area contributed by atoms with Crippen LogP contribution in [0, 0.1) is 0 Å². The van der Waals surface area contributed by atoms with E-state index in [9.17, 15) is 9.59 Å². The van der Waals surface area contributed by atoms with Gasteiger partial charge in [-0.3, -0.25) is 14.3 Å². The fourth-order valence-electron chi connectivity index (χ4n) is 2.19. The van der Waals surface area contributed by atoms with Gasteiger partial charge in [-0.05, 0) is 13.1 Å². The smallest absolute Gasteiger partial charge is 0.328 e. The van der Waals surface area contributed by atoms with Gasteiger partial charge in [-0.25, -0.2) is 9.78 Å². The van der Waals surface area contributed by atoms with Crippen molar-refractivity contribution in [2.24, 2.45) is 7.05 Å². The molecule has 0 aliphatic heterocycles. The summed E-state index contributed by atoms with van der Waals surface area (Å²) in [4.78, 5) is 32.3. The number of hydrogen-bond acceptors (Lipinski definition) is 4. The normalized spacial score (nSPS) is 11.6. The zero-order chi connectivity index (χ0) is 14.0. The summed E-state index contributed by atoms with van der Waals surface area (Å²) in [6.45, 7) is 7.29. The number of imidazole rings is 1. The second kappa shape index (κ2) is 5.40. The van der Waals surface area contributed by atoms with Crippen LogP contribution in [-0.4, -0.2) is 43.6 Å². The Balaban J connectivity index is 2.43. The minimum atomic E-state index is -0.400. The maximum Gasteiger partial charge on any atom is 0.330 e. The molecular weight excluding hydrogens is 246 g/mol. The Morgan fingerprint density at radius 3 is 2.63 bits per heavy atom. The van der Waals surface area contributed by atoms with Crippen molar-refractivity contribution in [3.8, 4) is 0 Å². The van der Waals surface area contributed by atoms with Gasteiger partial charge in [0.2, 0.25) is 0 Å². The SMILES string of the molecule is CCN(CC)CCn1c(=O)[nH]c(=O)c2c1ncn2C. The first-order chi connectivity index (χ1) is 9.08. The fraction of sp³-hybridized carbons (Fsp3) is 0.583. The Kier molecular flexibility index (Phi) is 3.84. The number of nitrogens with one attached hydrogen (secondary N) is 1. The van der Waals surface area contributed by atoms with Gasteiger partial charge in [-0.15, -0.1) is 0 Å². The minimum absolute atomic E-state index is 0.390. The van der Waals surface area contributed by atoms with E-state index in [4.69, 9.17) is 0 Å². The molecule has 0 radical (unpaired) electrons. The summed E-state index contributed by atoms with van der Waals surface area (Å²) in [7, 11) is 1.74. The number of hydrogen-bond donors (Lipinski definition) is 1. The fourth-order valence-corrected chi connectivity index (χ4v) is 2.19. The lowest BCUT2D eigenvalue weighted by Crippen LogP contribution is -2.35. The third kappa shape index (κ3) is 2.46. The van der Waals surface area contributed by atoms with Crippen molar-refractivity contribution >= 4 is 11.2 Å². The standard InChI is InChI=1S/C12H19N5O2/c1-4-16(5-2)6-7-17-10-9(15(3)8-13-10)11(18)14-12(17)19/h8H,4-7H2,1-3H3,(H,14,18,19). The number of rotatable bonds is 5. The minimum Gasteiger partial charge on any atom is -0.328 e. The highest BCUT2D eigenvalue weighted by Gasteiger charge is 2.12. The number of aromatic nitrogens is 4. The molecule has 0 saturated carbocycles. The number of fused-ring (bicyclic) bond motifs is 1. The topological polar surface area (TPSA) is 75.9 Å². The molecule has 0 bridgehead atoms. The lowest BCUT2D eigenvalue weighted by atomic mass is 10.4. The molecule has 2 aromatic heterocycles. The Morgan fingerprint density at radius 2 is 2.00 bits per heavy atom. The van der Waals surface area contributed by atoms with Crippen molar-refractivity contribution in [3.63, 3.8) is 0 Å². The quantitative estimate of drug-likeness (QED) is 0.810. The molecule has 0 unspecified atom stereocenters. The molecule has 0 amide bonds. The number of H-pyrrole nitrogens is 1. The summed E-state index contributed by atoms with van der Waals surface area (Å²) in [5.74, 6) is 0. The highest BCUT2D eigenvalue weighted by Crippen LogP contribution is 2.03. The van der Waals surface area contributed by atoms with E-state index < -0.39 is 5.69 Å². The van der Waals surface area contributed by atoms with Crippen LogP contribution >= 0.6 is 0 Å². The first-order valence-corrected chi connectivity index (χ1v) is 6.45. The van der Waals surface area contributed by atoms with E-state index in [-0.39, 0.29) is 5.56 Å². The van der Waals surface area contributed by atoms with E-state index in [1.165, 1.54) is 4.57 Å². The predicted molar refractivity (Wildman–Crippen MR) is 73.4 cm³/mol. The largest absolute Gasteiger partial charge is 0.330 e. The average Bonchev–Trinajstić information content (AvgIpc) is 2.76. The van der Waals surface area contributed by atoms with Gasteiger partial charge in [0.05, 0.1) is 6.33 Å². The molecular formula is C12H19N5O2. The molecule has 7 nitrogen and oxygen atoms in total. The van der Waals surface area contributed by atoms with Crippen molar-refractivity contribution in [3.05, 3.63) is 27.2 Å². The molecule has 0 spiro atoms.